The standard InChI is InChI=1S/C21H26FN3O7S/c1-2-31-20(26)11-15-5-8-25(14-23,9-6-15)19-4-3-16(12-18(19)22)24-13-17(32-21(24)27)7-10-33(28,29)30/h3-4,12,15,17H,2,5-11,13H2,1H3/p+1/t15?,17-,25?/m1/s1. The van der Waals surface area contributed by atoms with Crippen molar-refractivity contribution in [2.45, 2.75) is 38.7 Å². The van der Waals surface area contributed by atoms with Crippen LogP contribution in [0.4, 0.5) is 20.6 Å². The van der Waals surface area contributed by atoms with Crippen molar-refractivity contribution in [3.63, 3.8) is 0 Å². The van der Waals surface area contributed by atoms with Crippen molar-refractivity contribution in [2.75, 3.05) is 36.9 Å². The van der Waals surface area contributed by atoms with E-state index < -0.39 is 33.9 Å². The number of likely N-dealkylation sites (tertiary alicyclic amines) is 1. The van der Waals surface area contributed by atoms with Gasteiger partial charge < -0.3 is 9.47 Å². The molecule has 0 spiro atoms. The molecular weight excluding hydrogens is 457 g/mol. The van der Waals surface area contributed by atoms with Gasteiger partial charge in [-0.25, -0.2) is 9.18 Å². The van der Waals surface area contributed by atoms with E-state index in [0.29, 0.717) is 32.5 Å². The van der Waals surface area contributed by atoms with Crippen molar-refractivity contribution >= 4 is 33.6 Å². The van der Waals surface area contributed by atoms with E-state index in [2.05, 4.69) is 6.19 Å². The lowest BCUT2D eigenvalue weighted by molar-refractivity contribution is -0.144. The molecule has 1 aromatic carbocycles. The second kappa shape index (κ2) is 10.0. The molecule has 2 aliphatic rings. The predicted molar refractivity (Wildman–Crippen MR) is 116 cm³/mol. The van der Waals surface area contributed by atoms with Crippen LogP contribution in [0, 0.1) is 23.2 Å². The minimum Gasteiger partial charge on any atom is -0.466 e. The molecule has 180 valence electrons. The second-order valence-electron chi connectivity index (χ2n) is 8.29. The number of hydrogen-bond acceptors (Lipinski definition) is 7. The summed E-state index contributed by atoms with van der Waals surface area (Å²) in [4.78, 5) is 25.1. The van der Waals surface area contributed by atoms with E-state index in [1.54, 1.807) is 6.92 Å². The third-order valence-corrected chi connectivity index (χ3v) is 6.82. The summed E-state index contributed by atoms with van der Waals surface area (Å²) in [5.74, 6) is -1.40. The van der Waals surface area contributed by atoms with Gasteiger partial charge in [-0.05, 0) is 18.9 Å². The Balaban J connectivity index is 1.69. The molecule has 0 bridgehead atoms. The summed E-state index contributed by atoms with van der Waals surface area (Å²) < 4.78 is 55.7. The van der Waals surface area contributed by atoms with Crippen LogP contribution < -0.4 is 9.38 Å². The Bertz CT molecular complexity index is 1050. The highest BCUT2D eigenvalue weighted by Gasteiger charge is 2.41. The van der Waals surface area contributed by atoms with Gasteiger partial charge in [-0.15, -0.1) is 5.26 Å². The number of hydrogen-bond donors (Lipinski definition) is 1. The number of amides is 1. The summed E-state index contributed by atoms with van der Waals surface area (Å²) in [6, 6.07) is 4.15. The number of rotatable bonds is 8. The zero-order valence-corrected chi connectivity index (χ0v) is 19.1. The number of anilines is 1. The summed E-state index contributed by atoms with van der Waals surface area (Å²) in [6.07, 6.45) is 2.04. The van der Waals surface area contributed by atoms with Crippen molar-refractivity contribution in [2.24, 2.45) is 5.92 Å². The first-order valence-electron chi connectivity index (χ1n) is 10.7. The number of ether oxygens (including phenoxy) is 2. The van der Waals surface area contributed by atoms with Crippen molar-refractivity contribution in [3.05, 3.63) is 24.0 Å². The van der Waals surface area contributed by atoms with Gasteiger partial charge in [0.05, 0.1) is 37.7 Å². The van der Waals surface area contributed by atoms with Gasteiger partial charge in [-0.3, -0.25) is 14.2 Å². The monoisotopic (exact) mass is 484 g/mol. The van der Waals surface area contributed by atoms with Crippen molar-refractivity contribution < 1.29 is 36.4 Å². The highest BCUT2D eigenvalue weighted by atomic mass is 32.2. The van der Waals surface area contributed by atoms with E-state index >= 15 is 4.39 Å². The first-order valence-corrected chi connectivity index (χ1v) is 12.4. The van der Waals surface area contributed by atoms with E-state index in [4.69, 9.17) is 14.0 Å². The third kappa shape index (κ3) is 5.98. The van der Waals surface area contributed by atoms with Crippen LogP contribution in [0.5, 0.6) is 0 Å². The molecule has 0 saturated carbocycles. The first-order chi connectivity index (χ1) is 15.6. The maximum atomic E-state index is 15.1. The van der Waals surface area contributed by atoms with Crippen molar-refractivity contribution in [3.8, 4) is 6.19 Å². The zero-order chi connectivity index (χ0) is 24.2. The summed E-state index contributed by atoms with van der Waals surface area (Å²) in [6.45, 7) is 2.76. The van der Waals surface area contributed by atoms with Gasteiger partial charge in [0.15, 0.2) is 11.5 Å². The molecule has 10 nitrogen and oxygen atoms in total. The zero-order valence-electron chi connectivity index (χ0n) is 18.3. The maximum Gasteiger partial charge on any atom is 0.414 e. The molecular formula is C21H27FN3O7S+. The Morgan fingerprint density at radius 2 is 2.09 bits per heavy atom. The molecule has 0 aliphatic carbocycles. The summed E-state index contributed by atoms with van der Waals surface area (Å²) in [7, 11) is -4.19. The van der Waals surface area contributed by atoms with Gasteiger partial charge in [0.1, 0.15) is 6.10 Å². The molecule has 2 fully saturated rings. The van der Waals surface area contributed by atoms with Crippen LogP contribution in [-0.2, 0) is 24.4 Å². The van der Waals surface area contributed by atoms with Gasteiger partial charge in [0.25, 0.3) is 10.1 Å². The molecule has 0 unspecified atom stereocenters. The largest absolute Gasteiger partial charge is 0.466 e. The number of cyclic esters (lactones) is 1. The quantitative estimate of drug-likeness (QED) is 0.258. The van der Waals surface area contributed by atoms with Crippen LogP contribution in [0.1, 0.15) is 32.6 Å². The van der Waals surface area contributed by atoms with Crippen molar-refractivity contribution in [1.82, 2.24) is 4.48 Å². The number of benzene rings is 1. The topological polar surface area (TPSA) is 134 Å². The Morgan fingerprint density at radius 3 is 2.67 bits per heavy atom. The average Bonchev–Trinajstić information content (AvgIpc) is 3.13. The van der Waals surface area contributed by atoms with Crippen molar-refractivity contribution in [1.29, 1.82) is 5.26 Å². The van der Waals surface area contributed by atoms with Crippen LogP contribution in [0.25, 0.3) is 0 Å². The Morgan fingerprint density at radius 1 is 1.39 bits per heavy atom. The number of nitrogens with zero attached hydrogens (tertiary/aromatic N) is 3. The minimum absolute atomic E-state index is 0.0148. The number of esters is 1. The minimum atomic E-state index is -4.19. The molecule has 2 aliphatic heterocycles. The molecule has 0 radical (unpaired) electrons. The summed E-state index contributed by atoms with van der Waals surface area (Å²) in [5, 5.41) is 9.86. The van der Waals surface area contributed by atoms with Crippen LogP contribution in [0.3, 0.4) is 0 Å². The molecule has 3 rings (SSSR count). The first kappa shape index (κ1) is 24.9. The SMILES string of the molecule is CCOC(=O)CC1CC[N+](C#N)(c2ccc(N3C[C@@H](CCS(=O)(=O)O)OC3=O)cc2F)CC1. The number of halogens is 1. The van der Waals surface area contributed by atoms with Crippen LogP contribution in [0.2, 0.25) is 0 Å². The molecule has 12 heteroatoms. The fourth-order valence-corrected chi connectivity index (χ4v) is 4.85. The fraction of sp³-hybridized carbons (Fsp3) is 0.571. The Labute approximate surface area is 191 Å². The highest BCUT2D eigenvalue weighted by Crippen LogP contribution is 2.36. The Kier molecular flexibility index (Phi) is 7.56. The molecule has 1 atom stereocenters. The van der Waals surface area contributed by atoms with E-state index in [-0.39, 0.29) is 47.1 Å². The molecule has 1 amide bonds. The number of carbonyl (C=O) groups is 2. The molecule has 2 heterocycles. The smallest absolute Gasteiger partial charge is 0.414 e. The fourth-order valence-electron chi connectivity index (χ4n) is 4.29. The molecule has 1 N–H and O–H groups in total. The molecule has 33 heavy (non-hydrogen) atoms. The maximum absolute atomic E-state index is 15.1. The summed E-state index contributed by atoms with van der Waals surface area (Å²) in [5.41, 5.74) is 0.412. The van der Waals surface area contributed by atoms with E-state index in [9.17, 15) is 23.3 Å². The van der Waals surface area contributed by atoms with Gasteiger partial charge in [-0.1, -0.05) is 0 Å². The normalized spacial score (nSPS) is 25.4. The van der Waals surface area contributed by atoms with Gasteiger partial charge >= 0.3 is 18.3 Å². The van der Waals surface area contributed by atoms with Gasteiger partial charge in [-0.2, -0.15) is 12.9 Å². The van der Waals surface area contributed by atoms with Crippen LogP contribution >= 0.6 is 0 Å². The van der Waals surface area contributed by atoms with E-state index in [1.807, 2.05) is 0 Å². The molecule has 0 aromatic heterocycles. The highest BCUT2D eigenvalue weighted by molar-refractivity contribution is 7.85. The third-order valence-electron chi connectivity index (χ3n) is 6.07. The van der Waals surface area contributed by atoms with Crippen LogP contribution in [0.15, 0.2) is 18.2 Å². The molecule has 2 saturated heterocycles. The lowest BCUT2D eigenvalue weighted by atomic mass is 9.91. The second-order valence-corrected chi connectivity index (χ2v) is 9.87. The number of piperidine rings is 1. The number of carbonyl (C=O) groups excluding carboxylic acids is 2. The molecule has 1 aromatic rings. The lowest BCUT2D eigenvalue weighted by Crippen LogP contribution is -2.51. The lowest BCUT2D eigenvalue weighted by Gasteiger charge is -2.36. The van der Waals surface area contributed by atoms with Crippen LogP contribution in [-0.4, -0.2) is 63.1 Å². The van der Waals surface area contributed by atoms with Gasteiger partial charge in [0, 0.05) is 37.8 Å². The predicted octanol–water partition coefficient (Wildman–Crippen LogP) is 2.58. The number of nitriles is 1. The average molecular weight is 485 g/mol. The van der Waals surface area contributed by atoms with E-state index in [0.717, 1.165) is 6.07 Å². The van der Waals surface area contributed by atoms with Gasteiger partial charge in [0.2, 0.25) is 0 Å². The Hall–Kier alpha value is -2.75. The van der Waals surface area contributed by atoms with E-state index in [1.165, 1.54) is 17.0 Å². The number of quaternary nitrogens is 1. The summed E-state index contributed by atoms with van der Waals surface area (Å²) >= 11 is 0.